The van der Waals surface area contributed by atoms with E-state index in [4.69, 9.17) is 14.2 Å². The first-order chi connectivity index (χ1) is 11.5. The number of methoxy groups -OCH3 is 3. The molecule has 1 N–H and O–H groups in total. The van der Waals surface area contributed by atoms with Crippen LogP contribution in [0.25, 0.3) is 0 Å². The maximum atomic E-state index is 12.4. The third-order valence-electron chi connectivity index (χ3n) is 3.67. The van der Waals surface area contributed by atoms with Crippen LogP contribution in [-0.4, -0.2) is 27.2 Å². The third-order valence-corrected chi connectivity index (χ3v) is 4.36. The van der Waals surface area contributed by atoms with Gasteiger partial charge in [0, 0.05) is 10.0 Å². The van der Waals surface area contributed by atoms with E-state index in [0.29, 0.717) is 22.8 Å². The predicted molar refractivity (Wildman–Crippen MR) is 96.1 cm³/mol. The van der Waals surface area contributed by atoms with Gasteiger partial charge >= 0.3 is 0 Å². The van der Waals surface area contributed by atoms with Gasteiger partial charge < -0.3 is 19.5 Å². The average molecular weight is 394 g/mol. The van der Waals surface area contributed by atoms with Crippen molar-refractivity contribution in [1.82, 2.24) is 5.32 Å². The van der Waals surface area contributed by atoms with Crippen molar-refractivity contribution < 1.29 is 19.0 Å². The highest BCUT2D eigenvalue weighted by atomic mass is 79.9. The summed E-state index contributed by atoms with van der Waals surface area (Å²) in [5, 5.41) is 2.97. The Morgan fingerprint density at radius 2 is 1.58 bits per heavy atom. The summed E-state index contributed by atoms with van der Waals surface area (Å²) < 4.78 is 16.5. The Morgan fingerprint density at radius 1 is 1.00 bits per heavy atom. The van der Waals surface area contributed by atoms with Crippen LogP contribution in [0.1, 0.15) is 28.9 Å². The number of carbonyl (C=O) groups excluding carboxylic acids is 1. The van der Waals surface area contributed by atoms with Crippen molar-refractivity contribution in [3.8, 4) is 17.2 Å². The first-order valence-electron chi connectivity index (χ1n) is 7.36. The van der Waals surface area contributed by atoms with Gasteiger partial charge in [0.1, 0.15) is 5.75 Å². The Kier molecular flexibility index (Phi) is 6.09. The lowest BCUT2D eigenvalue weighted by Crippen LogP contribution is -2.26. The summed E-state index contributed by atoms with van der Waals surface area (Å²) >= 11 is 3.51. The second kappa shape index (κ2) is 8.06. The highest BCUT2D eigenvalue weighted by molar-refractivity contribution is 9.10. The smallest absolute Gasteiger partial charge is 0.251 e. The molecule has 0 unspecified atom stereocenters. The first kappa shape index (κ1) is 18.1. The number of carbonyl (C=O) groups is 1. The molecular formula is C18H20BrNO4. The van der Waals surface area contributed by atoms with Crippen LogP contribution < -0.4 is 19.5 Å². The molecule has 6 heteroatoms. The average Bonchev–Trinajstić information content (AvgIpc) is 2.61. The van der Waals surface area contributed by atoms with Gasteiger partial charge in [0.05, 0.1) is 27.4 Å². The lowest BCUT2D eigenvalue weighted by Gasteiger charge is -2.18. The fourth-order valence-electron chi connectivity index (χ4n) is 2.30. The second-order valence-electron chi connectivity index (χ2n) is 5.15. The molecule has 0 radical (unpaired) electrons. The largest absolute Gasteiger partial charge is 0.497 e. The van der Waals surface area contributed by atoms with Crippen LogP contribution in [0.15, 0.2) is 40.9 Å². The number of ether oxygens (including phenoxy) is 3. The Morgan fingerprint density at radius 3 is 2.12 bits per heavy atom. The fraction of sp³-hybridized carbons (Fsp3) is 0.278. The van der Waals surface area contributed by atoms with Gasteiger partial charge in [-0.05, 0) is 48.9 Å². The molecule has 0 saturated heterocycles. The van der Waals surface area contributed by atoms with Gasteiger partial charge in [-0.1, -0.05) is 15.9 Å². The number of amides is 1. The van der Waals surface area contributed by atoms with Crippen molar-refractivity contribution in [3.05, 3.63) is 52.0 Å². The van der Waals surface area contributed by atoms with Crippen LogP contribution in [-0.2, 0) is 0 Å². The van der Waals surface area contributed by atoms with Crippen LogP contribution in [0.2, 0.25) is 0 Å². The summed E-state index contributed by atoms with van der Waals surface area (Å²) in [6.45, 7) is 1.91. The normalized spacial score (nSPS) is 11.5. The molecule has 0 spiro atoms. The molecule has 24 heavy (non-hydrogen) atoms. The second-order valence-corrected chi connectivity index (χ2v) is 6.01. The quantitative estimate of drug-likeness (QED) is 0.806. The van der Waals surface area contributed by atoms with Gasteiger partial charge in [-0.15, -0.1) is 0 Å². The van der Waals surface area contributed by atoms with Crippen LogP contribution in [0.3, 0.4) is 0 Å². The maximum absolute atomic E-state index is 12.4. The minimum Gasteiger partial charge on any atom is -0.497 e. The van der Waals surface area contributed by atoms with Gasteiger partial charge in [-0.3, -0.25) is 4.79 Å². The van der Waals surface area contributed by atoms with Crippen molar-refractivity contribution in [1.29, 1.82) is 0 Å². The van der Waals surface area contributed by atoms with Crippen LogP contribution in [0.4, 0.5) is 0 Å². The molecule has 2 rings (SSSR count). The van der Waals surface area contributed by atoms with Gasteiger partial charge in [-0.25, -0.2) is 0 Å². The third kappa shape index (κ3) is 4.00. The zero-order valence-corrected chi connectivity index (χ0v) is 15.6. The van der Waals surface area contributed by atoms with Crippen molar-refractivity contribution >= 4 is 21.8 Å². The van der Waals surface area contributed by atoms with Crippen molar-refractivity contribution in [2.75, 3.05) is 21.3 Å². The molecule has 0 heterocycles. The van der Waals surface area contributed by atoms with Crippen LogP contribution in [0.5, 0.6) is 17.2 Å². The Balaban J connectivity index is 2.19. The molecule has 0 aromatic heterocycles. The number of hydrogen-bond donors (Lipinski definition) is 1. The Bertz CT molecular complexity index is 716. The zero-order valence-electron chi connectivity index (χ0n) is 14.1. The van der Waals surface area contributed by atoms with Crippen molar-refractivity contribution in [3.63, 3.8) is 0 Å². The van der Waals surface area contributed by atoms with E-state index in [2.05, 4.69) is 21.2 Å². The van der Waals surface area contributed by atoms with Crippen molar-refractivity contribution in [2.45, 2.75) is 13.0 Å². The highest BCUT2D eigenvalue weighted by Gasteiger charge is 2.17. The van der Waals surface area contributed by atoms with E-state index in [0.717, 1.165) is 10.0 Å². The number of benzene rings is 2. The number of halogens is 1. The zero-order chi connectivity index (χ0) is 17.7. The van der Waals surface area contributed by atoms with E-state index in [9.17, 15) is 4.79 Å². The molecule has 1 amide bonds. The summed E-state index contributed by atoms with van der Waals surface area (Å²) in [6.07, 6.45) is 0. The number of hydrogen-bond acceptors (Lipinski definition) is 4. The summed E-state index contributed by atoms with van der Waals surface area (Å²) in [5.41, 5.74) is 1.47. The summed E-state index contributed by atoms with van der Waals surface area (Å²) in [4.78, 5) is 12.4. The molecule has 0 bridgehead atoms. The standard InChI is InChI=1S/C18H20BrNO4/c1-11(14-9-16(23-3)17(24-4)10-15(14)19)20-18(21)12-5-7-13(22-2)8-6-12/h5-11H,1-4H3,(H,20,21)/t11-/m1/s1. The molecule has 2 aromatic carbocycles. The molecule has 0 fully saturated rings. The summed E-state index contributed by atoms with van der Waals surface area (Å²) in [5.74, 6) is 1.79. The Labute approximate surface area is 150 Å². The topological polar surface area (TPSA) is 56.8 Å². The molecule has 128 valence electrons. The maximum Gasteiger partial charge on any atom is 0.251 e. The van der Waals surface area contributed by atoms with E-state index in [1.807, 2.05) is 19.1 Å². The highest BCUT2D eigenvalue weighted by Crippen LogP contribution is 2.36. The van der Waals surface area contributed by atoms with E-state index in [1.54, 1.807) is 45.6 Å². The van der Waals surface area contributed by atoms with Gasteiger partial charge in [0.15, 0.2) is 11.5 Å². The van der Waals surface area contributed by atoms with E-state index < -0.39 is 0 Å². The molecule has 0 saturated carbocycles. The molecule has 0 aliphatic rings. The predicted octanol–water partition coefficient (Wildman–Crippen LogP) is 3.97. The molecule has 0 aliphatic carbocycles. The van der Waals surface area contributed by atoms with Gasteiger partial charge in [0.25, 0.3) is 5.91 Å². The van der Waals surface area contributed by atoms with Crippen LogP contribution >= 0.6 is 15.9 Å². The van der Waals surface area contributed by atoms with Crippen molar-refractivity contribution in [2.24, 2.45) is 0 Å². The monoisotopic (exact) mass is 393 g/mol. The molecule has 5 nitrogen and oxygen atoms in total. The van der Waals surface area contributed by atoms with E-state index >= 15 is 0 Å². The minimum atomic E-state index is -0.214. The first-order valence-corrected chi connectivity index (χ1v) is 8.15. The van der Waals surface area contributed by atoms with Crippen LogP contribution in [0, 0.1) is 0 Å². The molecule has 2 aromatic rings. The lowest BCUT2D eigenvalue weighted by molar-refractivity contribution is 0.0939. The molecule has 1 atom stereocenters. The number of rotatable bonds is 6. The van der Waals surface area contributed by atoms with E-state index in [-0.39, 0.29) is 11.9 Å². The summed E-state index contributed by atoms with van der Waals surface area (Å²) in [6, 6.07) is 10.4. The lowest BCUT2D eigenvalue weighted by atomic mass is 10.1. The van der Waals surface area contributed by atoms with Gasteiger partial charge in [0.2, 0.25) is 0 Å². The van der Waals surface area contributed by atoms with Gasteiger partial charge in [-0.2, -0.15) is 0 Å². The summed E-state index contributed by atoms with van der Waals surface area (Å²) in [7, 11) is 4.75. The SMILES string of the molecule is COc1ccc(C(=O)N[C@H](C)c2cc(OC)c(OC)cc2Br)cc1. The Hall–Kier alpha value is -2.21. The minimum absolute atomic E-state index is 0.160. The van der Waals surface area contributed by atoms with E-state index in [1.165, 1.54) is 0 Å². The molecule has 0 aliphatic heterocycles. The molecular weight excluding hydrogens is 374 g/mol. The fourth-order valence-corrected chi connectivity index (χ4v) is 2.97. The number of nitrogens with one attached hydrogen (secondary N) is 1.